The first-order chi connectivity index (χ1) is 9.38. The molecular formula is C12H18N6O. The minimum Gasteiger partial charge on any atom is -0.383 e. The average Bonchev–Trinajstić information content (AvgIpc) is 3.09. The van der Waals surface area contributed by atoms with Crippen LogP contribution in [0, 0.1) is 0 Å². The normalized spacial score (nSPS) is 19.1. The first-order valence-electron chi connectivity index (χ1n) is 6.52. The van der Waals surface area contributed by atoms with Gasteiger partial charge in [0, 0.05) is 26.1 Å². The third-order valence-electron chi connectivity index (χ3n) is 3.36. The molecule has 7 nitrogen and oxygen atoms in total. The van der Waals surface area contributed by atoms with Crippen molar-refractivity contribution in [3.8, 4) is 0 Å². The molecule has 2 aromatic heterocycles. The maximum absolute atomic E-state index is 5.04. The molecule has 0 bridgehead atoms. The minimum atomic E-state index is 0.455. The van der Waals surface area contributed by atoms with Gasteiger partial charge < -0.3 is 15.4 Å². The summed E-state index contributed by atoms with van der Waals surface area (Å²) >= 11 is 0. The molecule has 0 amide bonds. The van der Waals surface area contributed by atoms with Gasteiger partial charge in [-0.3, -0.25) is 0 Å². The lowest BCUT2D eigenvalue weighted by molar-refractivity contribution is 0.210. The third kappa shape index (κ3) is 2.52. The van der Waals surface area contributed by atoms with Gasteiger partial charge in [-0.05, 0) is 13.0 Å². The van der Waals surface area contributed by atoms with Gasteiger partial charge in [0.1, 0.15) is 6.33 Å². The molecule has 0 saturated carbocycles. The number of rotatable bonds is 5. The third-order valence-corrected chi connectivity index (χ3v) is 3.36. The number of hydrogen-bond acceptors (Lipinski definition) is 6. The maximum atomic E-state index is 5.04. The van der Waals surface area contributed by atoms with E-state index in [1.54, 1.807) is 18.0 Å². The first-order valence-corrected chi connectivity index (χ1v) is 6.52. The predicted molar refractivity (Wildman–Crippen MR) is 71.4 cm³/mol. The van der Waals surface area contributed by atoms with E-state index in [0.717, 1.165) is 36.7 Å². The zero-order chi connectivity index (χ0) is 13.1. The first kappa shape index (κ1) is 12.3. The van der Waals surface area contributed by atoms with Crippen LogP contribution < -0.4 is 10.6 Å². The summed E-state index contributed by atoms with van der Waals surface area (Å²) < 4.78 is 6.83. The molecule has 1 aliphatic heterocycles. The van der Waals surface area contributed by atoms with Gasteiger partial charge in [0.25, 0.3) is 0 Å². The van der Waals surface area contributed by atoms with Gasteiger partial charge in [0.15, 0.2) is 11.5 Å². The van der Waals surface area contributed by atoms with E-state index < -0.39 is 0 Å². The van der Waals surface area contributed by atoms with E-state index >= 15 is 0 Å². The topological polar surface area (TPSA) is 76.4 Å². The van der Waals surface area contributed by atoms with E-state index in [0.29, 0.717) is 19.1 Å². The Morgan fingerprint density at radius 2 is 2.53 bits per heavy atom. The summed E-state index contributed by atoms with van der Waals surface area (Å²) in [7, 11) is 1.68. The molecule has 19 heavy (non-hydrogen) atoms. The molecule has 1 atom stereocenters. The monoisotopic (exact) mass is 262 g/mol. The Morgan fingerprint density at radius 1 is 1.58 bits per heavy atom. The van der Waals surface area contributed by atoms with Gasteiger partial charge in [0.2, 0.25) is 0 Å². The van der Waals surface area contributed by atoms with Crippen molar-refractivity contribution in [3.63, 3.8) is 0 Å². The van der Waals surface area contributed by atoms with Crippen LogP contribution in [-0.2, 0) is 4.74 Å². The highest BCUT2D eigenvalue weighted by atomic mass is 16.5. The number of fused-ring (bicyclic) bond motifs is 1. The lowest BCUT2D eigenvalue weighted by Crippen LogP contribution is -2.14. The van der Waals surface area contributed by atoms with Crippen molar-refractivity contribution < 1.29 is 4.74 Å². The van der Waals surface area contributed by atoms with Crippen LogP contribution in [0.25, 0.3) is 5.65 Å². The average molecular weight is 262 g/mol. The molecule has 1 fully saturated rings. The molecule has 2 N–H and O–H groups in total. The number of anilines is 1. The van der Waals surface area contributed by atoms with Crippen LogP contribution in [-0.4, -0.2) is 52.9 Å². The summed E-state index contributed by atoms with van der Waals surface area (Å²) in [5.74, 6) is 1.23. The fraction of sp³-hybridized carbons (Fsp3) is 0.583. The van der Waals surface area contributed by atoms with E-state index in [-0.39, 0.29) is 0 Å². The molecule has 0 aromatic carbocycles. The lowest BCUT2D eigenvalue weighted by Gasteiger charge is -2.12. The molecule has 0 radical (unpaired) electrons. The molecule has 1 unspecified atom stereocenters. The van der Waals surface area contributed by atoms with Crippen LogP contribution in [0.1, 0.15) is 18.0 Å². The Kier molecular flexibility index (Phi) is 3.56. The van der Waals surface area contributed by atoms with Crippen molar-refractivity contribution in [2.75, 3.05) is 38.7 Å². The number of nitrogens with zero attached hydrogens (tertiary/aromatic N) is 4. The zero-order valence-corrected chi connectivity index (χ0v) is 11.0. The molecule has 3 rings (SSSR count). The van der Waals surface area contributed by atoms with Crippen LogP contribution in [0.2, 0.25) is 0 Å². The Labute approximate surface area is 111 Å². The van der Waals surface area contributed by atoms with Crippen LogP contribution in [0.4, 0.5) is 5.82 Å². The largest absolute Gasteiger partial charge is 0.383 e. The molecule has 1 saturated heterocycles. The van der Waals surface area contributed by atoms with Crippen LogP contribution in [0.5, 0.6) is 0 Å². The molecule has 7 heteroatoms. The highest BCUT2D eigenvalue weighted by molar-refractivity contribution is 5.62. The Hall–Kier alpha value is -1.73. The number of hydrogen-bond donors (Lipinski definition) is 2. The van der Waals surface area contributed by atoms with Gasteiger partial charge in [-0.15, -0.1) is 0 Å². The molecule has 0 spiro atoms. The quantitative estimate of drug-likeness (QED) is 0.753. The van der Waals surface area contributed by atoms with Crippen molar-refractivity contribution in [3.05, 3.63) is 18.2 Å². The molecular weight excluding hydrogens is 244 g/mol. The number of nitrogens with one attached hydrogen (secondary N) is 2. The van der Waals surface area contributed by atoms with E-state index in [1.165, 1.54) is 0 Å². The Bertz CT molecular complexity index is 548. The molecule has 2 aromatic rings. The SMILES string of the molecule is COCCNc1nc(C2CCNC2)cn2ncnc12. The fourth-order valence-electron chi connectivity index (χ4n) is 2.34. The van der Waals surface area contributed by atoms with Gasteiger partial charge in [0.05, 0.1) is 18.5 Å². The minimum absolute atomic E-state index is 0.455. The summed E-state index contributed by atoms with van der Waals surface area (Å²) in [5.41, 5.74) is 1.81. The van der Waals surface area contributed by atoms with Gasteiger partial charge in [-0.25, -0.2) is 14.5 Å². The number of methoxy groups -OCH3 is 1. The van der Waals surface area contributed by atoms with Gasteiger partial charge in [-0.2, -0.15) is 5.10 Å². The highest BCUT2D eigenvalue weighted by Crippen LogP contribution is 2.23. The lowest BCUT2D eigenvalue weighted by atomic mass is 10.1. The van der Waals surface area contributed by atoms with Crippen LogP contribution in [0.15, 0.2) is 12.5 Å². The van der Waals surface area contributed by atoms with Crippen molar-refractivity contribution in [1.29, 1.82) is 0 Å². The summed E-state index contributed by atoms with van der Waals surface area (Å²) in [4.78, 5) is 8.93. The smallest absolute Gasteiger partial charge is 0.198 e. The summed E-state index contributed by atoms with van der Waals surface area (Å²) in [5, 5.41) is 10.8. The van der Waals surface area contributed by atoms with Gasteiger partial charge in [-0.1, -0.05) is 0 Å². The zero-order valence-electron chi connectivity index (χ0n) is 11.0. The molecule has 1 aliphatic rings. The van der Waals surface area contributed by atoms with Crippen LogP contribution >= 0.6 is 0 Å². The van der Waals surface area contributed by atoms with Crippen molar-refractivity contribution in [1.82, 2.24) is 24.9 Å². The van der Waals surface area contributed by atoms with E-state index in [2.05, 4.69) is 20.7 Å². The van der Waals surface area contributed by atoms with Gasteiger partial charge >= 0.3 is 0 Å². The second-order valence-corrected chi connectivity index (χ2v) is 4.65. The number of aromatic nitrogens is 4. The maximum Gasteiger partial charge on any atom is 0.198 e. The second kappa shape index (κ2) is 5.50. The second-order valence-electron chi connectivity index (χ2n) is 4.65. The summed E-state index contributed by atoms with van der Waals surface area (Å²) in [6.45, 7) is 3.37. The van der Waals surface area contributed by atoms with E-state index in [1.807, 2.05) is 6.20 Å². The highest BCUT2D eigenvalue weighted by Gasteiger charge is 2.20. The standard InChI is InChI=1S/C12H18N6O/c1-19-5-4-14-11-12-15-8-16-18(12)7-10(17-11)9-2-3-13-6-9/h7-9,13H,2-6H2,1H3,(H,14,17). The Morgan fingerprint density at radius 3 is 3.32 bits per heavy atom. The Balaban J connectivity index is 1.90. The summed E-state index contributed by atoms with van der Waals surface area (Å²) in [6, 6.07) is 0. The van der Waals surface area contributed by atoms with Crippen molar-refractivity contribution >= 4 is 11.5 Å². The summed E-state index contributed by atoms with van der Waals surface area (Å²) in [6.07, 6.45) is 4.64. The van der Waals surface area contributed by atoms with Crippen LogP contribution in [0.3, 0.4) is 0 Å². The predicted octanol–water partition coefficient (Wildman–Crippen LogP) is 0.259. The molecule has 3 heterocycles. The molecule has 0 aliphatic carbocycles. The molecule has 102 valence electrons. The fourth-order valence-corrected chi connectivity index (χ4v) is 2.34. The van der Waals surface area contributed by atoms with Crippen molar-refractivity contribution in [2.45, 2.75) is 12.3 Å². The van der Waals surface area contributed by atoms with E-state index in [9.17, 15) is 0 Å². The van der Waals surface area contributed by atoms with E-state index in [4.69, 9.17) is 9.72 Å². The van der Waals surface area contributed by atoms with Crippen molar-refractivity contribution in [2.24, 2.45) is 0 Å². The number of ether oxygens (including phenoxy) is 1.